The summed E-state index contributed by atoms with van der Waals surface area (Å²) >= 11 is 0. The fourth-order valence-corrected chi connectivity index (χ4v) is 5.02. The van der Waals surface area contributed by atoms with Crippen molar-refractivity contribution in [2.24, 2.45) is 0 Å². The van der Waals surface area contributed by atoms with E-state index in [0.29, 0.717) is 23.6 Å². The van der Waals surface area contributed by atoms with Crippen LogP contribution in [-0.2, 0) is 16.4 Å². The Labute approximate surface area is 186 Å². The minimum atomic E-state index is -4.02. The summed E-state index contributed by atoms with van der Waals surface area (Å²) in [6.45, 7) is 2.38. The summed E-state index contributed by atoms with van der Waals surface area (Å²) in [6, 6.07) is 19.1. The van der Waals surface area contributed by atoms with Crippen LogP contribution >= 0.6 is 0 Å². The van der Waals surface area contributed by atoms with E-state index in [4.69, 9.17) is 9.47 Å². The number of nitrogens with zero attached hydrogens (tertiary/aromatic N) is 1. The lowest BCUT2D eigenvalue weighted by molar-refractivity contribution is 0.355. The van der Waals surface area contributed by atoms with Crippen LogP contribution in [0.2, 0.25) is 0 Å². The largest absolute Gasteiger partial charge is 0.493 e. The van der Waals surface area contributed by atoms with Gasteiger partial charge in [0.1, 0.15) is 4.90 Å². The minimum Gasteiger partial charge on any atom is -0.493 e. The maximum atomic E-state index is 13.4. The molecule has 0 spiro atoms. The Bertz CT molecular complexity index is 1440. The first-order chi connectivity index (χ1) is 15.3. The second-order valence-electron chi connectivity index (χ2n) is 7.48. The summed E-state index contributed by atoms with van der Waals surface area (Å²) in [6.07, 6.45) is 1.42. The number of ether oxygens (including phenoxy) is 2. The van der Waals surface area contributed by atoms with Crippen molar-refractivity contribution in [3.8, 4) is 11.5 Å². The second-order valence-corrected chi connectivity index (χ2v) is 9.39. The Morgan fingerprint density at radius 1 is 0.875 bits per heavy atom. The van der Waals surface area contributed by atoms with Crippen LogP contribution in [0.25, 0.3) is 10.9 Å². The molecule has 0 aliphatic rings. The van der Waals surface area contributed by atoms with Crippen LogP contribution in [0.1, 0.15) is 11.1 Å². The molecule has 164 valence electrons. The standard InChI is InChI=1S/C25H23NO5S/c1-17-9-11-18(12-10-17)15-26-16-24(32(28,29)19-7-5-4-6-8-19)25(27)20-13-22(30-2)23(31-3)14-21(20)26/h4-14,16H,15H2,1-3H3. The van der Waals surface area contributed by atoms with Crippen molar-refractivity contribution in [1.82, 2.24) is 4.57 Å². The van der Waals surface area contributed by atoms with Gasteiger partial charge in [-0.2, -0.15) is 0 Å². The monoisotopic (exact) mass is 449 g/mol. The zero-order valence-electron chi connectivity index (χ0n) is 18.0. The van der Waals surface area contributed by atoms with Crippen LogP contribution in [0.5, 0.6) is 11.5 Å². The highest BCUT2D eigenvalue weighted by molar-refractivity contribution is 7.91. The number of rotatable bonds is 6. The van der Waals surface area contributed by atoms with Crippen LogP contribution in [0.15, 0.2) is 87.5 Å². The normalized spacial score (nSPS) is 11.5. The molecule has 0 saturated heterocycles. The minimum absolute atomic E-state index is 0.0683. The van der Waals surface area contributed by atoms with E-state index in [0.717, 1.165) is 11.1 Å². The van der Waals surface area contributed by atoms with Gasteiger partial charge in [-0.3, -0.25) is 4.79 Å². The van der Waals surface area contributed by atoms with Crippen molar-refractivity contribution >= 4 is 20.7 Å². The van der Waals surface area contributed by atoms with E-state index in [9.17, 15) is 13.2 Å². The van der Waals surface area contributed by atoms with E-state index in [2.05, 4.69) is 0 Å². The molecule has 0 atom stereocenters. The number of hydrogen-bond donors (Lipinski definition) is 0. The highest BCUT2D eigenvalue weighted by Gasteiger charge is 2.24. The zero-order valence-corrected chi connectivity index (χ0v) is 18.8. The van der Waals surface area contributed by atoms with Gasteiger partial charge in [-0.05, 0) is 30.7 Å². The Morgan fingerprint density at radius 3 is 2.12 bits per heavy atom. The van der Waals surface area contributed by atoms with Gasteiger partial charge in [0, 0.05) is 18.8 Å². The first kappa shape index (κ1) is 21.6. The van der Waals surface area contributed by atoms with E-state index in [1.54, 1.807) is 28.8 Å². The maximum Gasteiger partial charge on any atom is 0.211 e. The zero-order chi connectivity index (χ0) is 22.9. The maximum absolute atomic E-state index is 13.4. The van der Waals surface area contributed by atoms with Crippen LogP contribution in [0.3, 0.4) is 0 Å². The van der Waals surface area contributed by atoms with Gasteiger partial charge in [0.15, 0.2) is 11.5 Å². The summed E-state index contributed by atoms with van der Waals surface area (Å²) in [5, 5.41) is 0.242. The van der Waals surface area contributed by atoms with Gasteiger partial charge in [-0.15, -0.1) is 0 Å². The molecule has 1 heterocycles. The van der Waals surface area contributed by atoms with E-state index >= 15 is 0 Å². The average molecular weight is 450 g/mol. The van der Waals surface area contributed by atoms with Crippen molar-refractivity contribution in [3.63, 3.8) is 0 Å². The smallest absolute Gasteiger partial charge is 0.211 e. The molecule has 0 amide bonds. The molecule has 1 aromatic heterocycles. The summed E-state index contributed by atoms with van der Waals surface area (Å²) in [7, 11) is -1.04. The quantitative estimate of drug-likeness (QED) is 0.441. The highest BCUT2D eigenvalue weighted by atomic mass is 32.2. The number of hydrogen-bond acceptors (Lipinski definition) is 5. The van der Waals surface area contributed by atoms with Crippen LogP contribution < -0.4 is 14.9 Å². The van der Waals surface area contributed by atoms with E-state index in [1.165, 1.54) is 38.6 Å². The topological polar surface area (TPSA) is 74.6 Å². The second kappa shape index (κ2) is 8.51. The molecular weight excluding hydrogens is 426 g/mol. The van der Waals surface area contributed by atoms with E-state index in [1.807, 2.05) is 31.2 Å². The van der Waals surface area contributed by atoms with Crippen molar-refractivity contribution in [2.45, 2.75) is 23.3 Å². The van der Waals surface area contributed by atoms with E-state index < -0.39 is 15.3 Å². The molecule has 0 bridgehead atoms. The molecule has 32 heavy (non-hydrogen) atoms. The summed E-state index contributed by atoms with van der Waals surface area (Å²) in [4.78, 5) is 13.2. The third-order valence-corrected chi connectivity index (χ3v) is 7.13. The van der Waals surface area contributed by atoms with Crippen molar-refractivity contribution in [2.75, 3.05) is 14.2 Å². The fourth-order valence-electron chi connectivity index (χ4n) is 3.63. The third kappa shape index (κ3) is 3.87. The summed E-state index contributed by atoms with van der Waals surface area (Å²) in [5.74, 6) is 0.809. The molecule has 0 aliphatic heterocycles. The van der Waals surface area contributed by atoms with Crippen LogP contribution in [0.4, 0.5) is 0 Å². The Hall–Kier alpha value is -3.58. The Balaban J connectivity index is 2.02. The average Bonchev–Trinajstić information content (AvgIpc) is 2.81. The molecule has 4 rings (SSSR count). The number of aryl methyl sites for hydroxylation is 1. The first-order valence-corrected chi connectivity index (χ1v) is 11.5. The SMILES string of the molecule is COc1cc2c(=O)c(S(=O)(=O)c3ccccc3)cn(Cc3ccc(C)cc3)c2cc1OC. The molecule has 7 heteroatoms. The molecule has 3 aromatic carbocycles. The molecular formula is C25H23NO5S. The molecule has 0 saturated carbocycles. The Kier molecular flexibility index (Phi) is 5.76. The third-order valence-electron chi connectivity index (χ3n) is 5.37. The van der Waals surface area contributed by atoms with Gasteiger partial charge in [0.25, 0.3) is 0 Å². The lowest BCUT2D eigenvalue weighted by Crippen LogP contribution is -2.20. The predicted molar refractivity (Wildman–Crippen MR) is 123 cm³/mol. The van der Waals surface area contributed by atoms with Gasteiger partial charge < -0.3 is 14.0 Å². The van der Waals surface area contributed by atoms with Gasteiger partial charge in [-0.1, -0.05) is 48.0 Å². The van der Waals surface area contributed by atoms with E-state index in [-0.39, 0.29) is 15.2 Å². The lowest BCUT2D eigenvalue weighted by Gasteiger charge is -2.16. The molecule has 0 radical (unpaired) electrons. The van der Waals surface area contributed by atoms with Gasteiger partial charge in [-0.25, -0.2) is 8.42 Å². The number of fused-ring (bicyclic) bond motifs is 1. The molecule has 0 unspecified atom stereocenters. The number of sulfone groups is 1. The van der Waals surface area contributed by atoms with Gasteiger partial charge >= 0.3 is 0 Å². The van der Waals surface area contributed by atoms with Crippen LogP contribution in [-0.4, -0.2) is 27.2 Å². The number of methoxy groups -OCH3 is 2. The number of pyridine rings is 1. The molecule has 4 aromatic rings. The van der Waals surface area contributed by atoms with Crippen LogP contribution in [0, 0.1) is 6.92 Å². The number of aromatic nitrogens is 1. The van der Waals surface area contributed by atoms with Gasteiger partial charge in [0.2, 0.25) is 15.3 Å². The molecule has 6 nitrogen and oxygen atoms in total. The van der Waals surface area contributed by atoms with Crippen molar-refractivity contribution in [3.05, 3.63) is 94.3 Å². The molecule has 0 aliphatic carbocycles. The summed E-state index contributed by atoms with van der Waals surface area (Å²) < 4.78 is 39.2. The lowest BCUT2D eigenvalue weighted by atomic mass is 10.1. The highest BCUT2D eigenvalue weighted by Crippen LogP contribution is 2.32. The fraction of sp³-hybridized carbons (Fsp3) is 0.160. The number of benzene rings is 3. The molecule has 0 N–H and O–H groups in total. The van der Waals surface area contributed by atoms with Gasteiger partial charge in [0.05, 0.1) is 30.0 Å². The predicted octanol–water partition coefficient (Wildman–Crippen LogP) is 4.21. The Morgan fingerprint density at radius 2 is 1.50 bits per heavy atom. The van der Waals surface area contributed by atoms with Crippen molar-refractivity contribution in [1.29, 1.82) is 0 Å². The summed E-state index contributed by atoms with van der Waals surface area (Å²) in [5.41, 5.74) is 2.07. The first-order valence-electron chi connectivity index (χ1n) is 10.00. The molecule has 0 fully saturated rings. The van der Waals surface area contributed by atoms with Crippen molar-refractivity contribution < 1.29 is 17.9 Å².